The fraction of sp³-hybridized carbons (Fsp3) is 0.881. The van der Waals surface area contributed by atoms with E-state index in [1.54, 1.807) is 14.2 Å². The Bertz CT molecular complexity index is 3360. The summed E-state index contributed by atoms with van der Waals surface area (Å²) in [5.74, 6) is -0.502. The highest BCUT2D eigenvalue weighted by Crippen LogP contribution is 2.56. The Kier molecular flexibility index (Phi) is 26.5. The highest BCUT2D eigenvalue weighted by molar-refractivity contribution is 7.85. The summed E-state index contributed by atoms with van der Waals surface area (Å²) < 4.78 is 134. The molecule has 25 nitrogen and oxygen atoms in total. The van der Waals surface area contributed by atoms with Gasteiger partial charge in [-0.2, -0.15) is 8.42 Å². The normalized spacial score (nSPS) is 48.9. The fourth-order valence-electron chi connectivity index (χ4n) is 22.5. The summed E-state index contributed by atoms with van der Waals surface area (Å²) in [5, 5.41) is 21.0. The third kappa shape index (κ3) is 18.3. The Labute approximate surface area is 652 Å². The molecule has 16 heterocycles. The van der Waals surface area contributed by atoms with E-state index in [1.807, 2.05) is 0 Å². The number of fused-ring (bicyclic) bond motifs is 18. The number of methoxy groups -OCH3 is 2. The maximum absolute atomic E-state index is 14.1. The predicted molar refractivity (Wildman–Crippen MR) is 405 cm³/mol. The third-order valence-corrected chi connectivity index (χ3v) is 28.7. The molecule has 0 aliphatic carbocycles. The van der Waals surface area contributed by atoms with Crippen molar-refractivity contribution in [3.8, 4) is 0 Å². The highest BCUT2D eigenvalue weighted by atomic mass is 32.2. The fourth-order valence-corrected chi connectivity index (χ4v) is 22.5. The smallest absolute Gasteiger partial charge is 0.261 e. The first-order valence-electron chi connectivity index (χ1n) is 42.2. The number of rotatable bonds is 8. The van der Waals surface area contributed by atoms with Crippen molar-refractivity contribution < 1.29 is 109 Å². The van der Waals surface area contributed by atoms with Crippen molar-refractivity contribution >= 4 is 21.7 Å². The minimum Gasteiger partial charge on any atom is -0.392 e. The summed E-state index contributed by atoms with van der Waals surface area (Å²) in [5.41, 5.74) is 15.4. The van der Waals surface area contributed by atoms with Gasteiger partial charge in [0.25, 0.3) is 10.1 Å². The second-order valence-electron chi connectivity index (χ2n) is 36.5. The molecule has 6 unspecified atom stereocenters. The summed E-state index contributed by atoms with van der Waals surface area (Å²) in [6, 6.07) is 0. The number of nitrogens with two attached hydrogens (primary N) is 2. The molecule has 2 spiro atoms. The molecule has 0 amide bonds. The van der Waals surface area contributed by atoms with Crippen molar-refractivity contribution in [3.63, 3.8) is 0 Å². The number of hydrogen-bond donors (Lipinski definition) is 5. The molecule has 16 saturated heterocycles. The van der Waals surface area contributed by atoms with Crippen LogP contribution in [0.25, 0.3) is 0 Å². The SMILES string of the molecule is C=C1C[C@@H]2CC[C@]34CC[C@H](O3)[C@@H]3O[C@H]5CC[C@H](CC(=O)CC6[C@H](CC7O[C@@H](CCC1O2)C[C@@H](C)C7=C)O[C@H](C[C@H](O)CN)[C@@H]6C)O[C@@H]5[C@H](O4)[C@@H]3OC.C=C1C[C@@H]2CC[C@]34CC[C@H](O3)[C@]3(C)O[C@H]5CC[C@H](CC(=O)CC6[C@H](CC7O[C@@H](CCC1O2)C[C@@H](C)C7=C)O[C@H](C[C@H](O)CN)[C@@H]6C)O[C@@H]5[C@H](O4)[C@@H]3OC.CS(=O)(=O)O. The molecule has 26 heteroatoms. The Morgan fingerprint density at radius 3 is 1.40 bits per heavy atom. The molecule has 0 aromatic carbocycles. The van der Waals surface area contributed by atoms with Gasteiger partial charge >= 0.3 is 0 Å². The Morgan fingerprint density at radius 2 is 0.900 bits per heavy atom. The molecule has 0 saturated carbocycles. The van der Waals surface area contributed by atoms with Gasteiger partial charge in [0, 0.05) is 104 Å². The van der Waals surface area contributed by atoms with Crippen LogP contribution in [-0.4, -0.2) is 250 Å². The van der Waals surface area contributed by atoms with Gasteiger partial charge in [0.05, 0.1) is 128 Å². The largest absolute Gasteiger partial charge is 0.392 e. The quantitative estimate of drug-likeness (QED) is 0.112. The maximum atomic E-state index is 14.1. The van der Waals surface area contributed by atoms with Crippen LogP contribution in [0.5, 0.6) is 0 Å². The first-order chi connectivity index (χ1) is 52.4. The van der Waals surface area contributed by atoms with Crippen LogP contribution in [0, 0.1) is 35.5 Å². The molecule has 110 heavy (non-hydrogen) atoms. The van der Waals surface area contributed by atoms with Crippen LogP contribution in [0.1, 0.15) is 214 Å². The second kappa shape index (κ2) is 34.8. The van der Waals surface area contributed by atoms with Crippen LogP contribution in [0.4, 0.5) is 0 Å². The zero-order valence-corrected chi connectivity index (χ0v) is 67.5. The van der Waals surface area contributed by atoms with Crippen molar-refractivity contribution in [2.75, 3.05) is 33.6 Å². The number of ether oxygens (including phenoxy) is 16. The first-order valence-corrected chi connectivity index (χ1v) is 44.0. The maximum Gasteiger partial charge on any atom is 0.261 e. The van der Waals surface area contributed by atoms with Crippen LogP contribution < -0.4 is 11.5 Å². The van der Waals surface area contributed by atoms with E-state index in [2.05, 4.69) is 60.9 Å². The molecule has 16 rings (SSSR count). The number of hydrogen-bond acceptors (Lipinski definition) is 24. The van der Waals surface area contributed by atoms with E-state index in [4.69, 9.17) is 91.8 Å². The van der Waals surface area contributed by atoms with Crippen molar-refractivity contribution in [2.24, 2.45) is 47.0 Å². The summed E-state index contributed by atoms with van der Waals surface area (Å²) in [7, 11) is -0.224. The first kappa shape index (κ1) is 83.9. The van der Waals surface area contributed by atoms with E-state index in [0.717, 1.165) is 138 Å². The number of aliphatic hydroxyl groups excluding tert-OH is 2. The lowest BCUT2D eigenvalue weighted by Gasteiger charge is -2.54. The molecule has 7 N–H and O–H groups in total. The van der Waals surface area contributed by atoms with E-state index >= 15 is 0 Å². The number of Topliss-reactive ketones (excluding diaryl/α,β-unsaturated/α-hetero) is 2. The molecule has 36 atom stereocenters. The van der Waals surface area contributed by atoms with Crippen molar-refractivity contribution in [1.29, 1.82) is 0 Å². The zero-order valence-electron chi connectivity index (χ0n) is 66.7. The lowest BCUT2D eigenvalue weighted by molar-refractivity contribution is -0.318. The topological polar surface area (TPSA) is 329 Å². The lowest BCUT2D eigenvalue weighted by atomic mass is 9.77. The average Bonchev–Trinajstić information content (AvgIpc) is 1.52. The second-order valence-corrected chi connectivity index (χ2v) is 37.9. The van der Waals surface area contributed by atoms with E-state index < -0.39 is 45.6 Å². The predicted octanol–water partition coefficient (Wildman–Crippen LogP) is 9.29. The van der Waals surface area contributed by atoms with Crippen LogP contribution in [0.15, 0.2) is 48.6 Å². The zero-order chi connectivity index (χ0) is 78.0. The van der Waals surface area contributed by atoms with Crippen molar-refractivity contribution in [1.82, 2.24) is 0 Å². The number of carbonyl (C=O) groups is 2. The Hall–Kier alpha value is -2.59. The van der Waals surface area contributed by atoms with Crippen LogP contribution in [-0.2, 0) is 95.5 Å². The van der Waals surface area contributed by atoms with Gasteiger partial charge in [0.15, 0.2) is 11.6 Å². The number of ketones is 2. The molecular formula is C84H132N2O23S. The summed E-state index contributed by atoms with van der Waals surface area (Å²) in [6.07, 6.45) is 14.9. The molecule has 16 aliphatic heterocycles. The van der Waals surface area contributed by atoms with Crippen LogP contribution in [0.3, 0.4) is 0 Å². The molecule has 622 valence electrons. The molecular weight excluding hydrogens is 1440 g/mol. The van der Waals surface area contributed by atoms with Gasteiger partial charge in [0.1, 0.15) is 59.9 Å². The van der Waals surface area contributed by atoms with E-state index in [-0.39, 0.29) is 195 Å². The average molecular weight is 1570 g/mol. The standard InChI is InChI=1S/C42H65NO10.C41H63NO10.CH4O3S/c1-22-15-28-7-9-32-23(2)16-30(47-32)11-13-42-14-12-37(52-42)41(5)40(46-6)39(53-42)38-33(51-41)10-8-29(49-38)17-26(44)18-31-25(4)34(19-27(45)21-43)50-36(31)20-35(48-28)24(22)3;1-21-14-27-6-8-31-22(2)15-29(46-31)10-12-41-13-11-33(51-41)38-39(45-5)40(52-41)37-32(50-38)9-7-28(48-37)16-25(43)17-30-24(4)34(18-26(44)20-42)49-36(30)19-35(47-27)23(21)3;1-5(2,3)4/h22,25,27-40,45H,2-3,7-21,43H2,1,4-6H3;21,24,26-40,44H,2-3,6-20,42H2,1,4-5H3;1H3,(H,2,3,4)/t22-,25-,27+,28+,29-,30+,31?,32?,33+,34-,35?,36+,37+,38+,39+,40+,41+,42+;21-,24-,26+,27+,28-,29+,30?,31?,32+,33+,34-,35?,36+,37+,38+,39-,40+,41+;/m11./s1. The minimum absolute atomic E-state index is 0.00177. The van der Waals surface area contributed by atoms with Gasteiger partial charge in [-0.15, -0.1) is 0 Å². The third-order valence-electron chi connectivity index (χ3n) is 28.7. The van der Waals surface area contributed by atoms with E-state index in [0.29, 0.717) is 82.3 Å². The molecule has 0 aromatic rings. The van der Waals surface area contributed by atoms with Gasteiger partial charge in [-0.3, -0.25) is 14.1 Å². The highest BCUT2D eigenvalue weighted by Gasteiger charge is 2.67. The van der Waals surface area contributed by atoms with Crippen molar-refractivity contribution in [3.05, 3.63) is 48.6 Å². The Balaban J connectivity index is 0.000000173. The van der Waals surface area contributed by atoms with Crippen molar-refractivity contribution in [2.45, 2.75) is 396 Å². The van der Waals surface area contributed by atoms with E-state index in [9.17, 15) is 28.2 Å². The monoisotopic (exact) mass is 1570 g/mol. The molecule has 0 radical (unpaired) electrons. The minimum atomic E-state index is -3.67. The molecule has 20 bridgehead atoms. The summed E-state index contributed by atoms with van der Waals surface area (Å²) in [4.78, 5) is 28.1. The molecule has 16 fully saturated rings. The molecule has 0 aromatic heterocycles. The summed E-state index contributed by atoms with van der Waals surface area (Å²) >= 11 is 0. The van der Waals surface area contributed by atoms with Gasteiger partial charge < -0.3 is 97.5 Å². The number of aliphatic hydroxyl groups is 2. The van der Waals surface area contributed by atoms with Crippen LogP contribution >= 0.6 is 0 Å². The number of carbonyl (C=O) groups excluding carboxylic acids is 2. The van der Waals surface area contributed by atoms with Gasteiger partial charge in [-0.25, -0.2) is 0 Å². The lowest BCUT2D eigenvalue weighted by Crippen LogP contribution is -2.69. The molecule has 16 aliphatic rings. The van der Waals surface area contributed by atoms with E-state index in [1.165, 1.54) is 0 Å². The van der Waals surface area contributed by atoms with Gasteiger partial charge in [-0.05, 0) is 167 Å². The van der Waals surface area contributed by atoms with Gasteiger partial charge in [0.2, 0.25) is 0 Å². The van der Waals surface area contributed by atoms with Crippen LogP contribution in [0.2, 0.25) is 0 Å². The summed E-state index contributed by atoms with van der Waals surface area (Å²) in [6.45, 7) is 29.1. The Morgan fingerprint density at radius 1 is 0.464 bits per heavy atom. The van der Waals surface area contributed by atoms with Gasteiger partial charge in [-0.1, -0.05) is 54.0 Å².